The SMILES string of the molecule is O=C(Nc1c([N+](=O)[O-])cc([N+](=O)[O-])cc1[N+](=O)[O-])C(=O)Nc1c([N+](=O)[O-])cc([N+](=O)[O-])cc1[N+](=O)[O-]. The maximum atomic E-state index is 12.3. The highest BCUT2D eigenvalue weighted by Gasteiger charge is 2.36. The van der Waals surface area contributed by atoms with E-state index in [2.05, 4.69) is 0 Å². The number of nitrogens with one attached hydrogen (secondary N) is 2. The summed E-state index contributed by atoms with van der Waals surface area (Å²) in [4.78, 5) is 83.4. The molecule has 22 heteroatoms. The second kappa shape index (κ2) is 9.73. The van der Waals surface area contributed by atoms with Crippen molar-refractivity contribution in [3.05, 3.63) is 85.0 Å². The zero-order valence-electron chi connectivity index (χ0n) is 16.7. The first-order chi connectivity index (χ1) is 16.6. The fourth-order valence-electron chi connectivity index (χ4n) is 2.58. The van der Waals surface area contributed by atoms with Crippen LogP contribution in [0.2, 0.25) is 0 Å². The van der Waals surface area contributed by atoms with Gasteiger partial charge in [0, 0.05) is 0 Å². The molecule has 0 spiro atoms. The summed E-state index contributed by atoms with van der Waals surface area (Å²) < 4.78 is 0. The van der Waals surface area contributed by atoms with Crippen LogP contribution in [0.4, 0.5) is 45.5 Å². The van der Waals surface area contributed by atoms with E-state index in [1.807, 2.05) is 0 Å². The van der Waals surface area contributed by atoms with Gasteiger partial charge in [-0.2, -0.15) is 0 Å². The minimum absolute atomic E-state index is 0.229. The number of nitro groups is 6. The second-order valence-corrected chi connectivity index (χ2v) is 6.17. The normalized spacial score (nSPS) is 10.1. The minimum atomic E-state index is -1.99. The van der Waals surface area contributed by atoms with Gasteiger partial charge < -0.3 is 10.6 Å². The number of carbonyl (C=O) groups is 2. The summed E-state index contributed by atoms with van der Waals surface area (Å²) in [6.07, 6.45) is 0. The lowest BCUT2D eigenvalue weighted by Crippen LogP contribution is -2.30. The van der Waals surface area contributed by atoms with Crippen molar-refractivity contribution < 1.29 is 39.1 Å². The van der Waals surface area contributed by atoms with Crippen LogP contribution in [0.5, 0.6) is 0 Å². The van der Waals surface area contributed by atoms with Crippen LogP contribution < -0.4 is 10.6 Å². The Bertz CT molecular complexity index is 1230. The van der Waals surface area contributed by atoms with E-state index in [-0.39, 0.29) is 24.3 Å². The monoisotopic (exact) mass is 510 g/mol. The van der Waals surface area contributed by atoms with E-state index in [1.54, 1.807) is 0 Å². The van der Waals surface area contributed by atoms with Gasteiger partial charge in [0.15, 0.2) is 11.4 Å². The molecule has 0 saturated carbocycles. The van der Waals surface area contributed by atoms with Gasteiger partial charge in [0.25, 0.3) is 11.4 Å². The van der Waals surface area contributed by atoms with Crippen LogP contribution in [0, 0.1) is 60.7 Å². The summed E-state index contributed by atoms with van der Waals surface area (Å²) in [5.41, 5.74) is -10.4. The molecule has 36 heavy (non-hydrogen) atoms. The molecule has 2 aromatic rings. The summed E-state index contributed by atoms with van der Waals surface area (Å²) in [6.45, 7) is 0. The van der Waals surface area contributed by atoms with Crippen molar-refractivity contribution in [3.63, 3.8) is 0 Å². The molecule has 0 radical (unpaired) electrons. The van der Waals surface area contributed by atoms with Crippen molar-refractivity contribution in [1.82, 2.24) is 0 Å². The smallest absolute Gasteiger partial charge is 0.306 e. The summed E-state index contributed by atoms with van der Waals surface area (Å²) in [5.74, 6) is -3.98. The molecule has 186 valence electrons. The zero-order chi connectivity index (χ0) is 27.5. The maximum Gasteiger partial charge on any atom is 0.314 e. The summed E-state index contributed by atoms with van der Waals surface area (Å²) in [5, 5.41) is 69.7. The molecular weight excluding hydrogens is 504 g/mol. The average Bonchev–Trinajstić information content (AvgIpc) is 2.77. The number of carbonyl (C=O) groups excluding carboxylic acids is 2. The second-order valence-electron chi connectivity index (χ2n) is 6.17. The third-order valence-electron chi connectivity index (χ3n) is 4.05. The number of nitro benzene ring substituents is 6. The van der Waals surface area contributed by atoms with Crippen molar-refractivity contribution in [3.8, 4) is 0 Å². The molecular formula is C14H6N8O14. The minimum Gasteiger partial charge on any atom is -0.306 e. The predicted octanol–water partition coefficient (Wildman–Crippen LogP) is 1.71. The molecule has 0 heterocycles. The summed E-state index contributed by atoms with van der Waals surface area (Å²) in [6, 6.07) is 0.915. The topological polar surface area (TPSA) is 317 Å². The number of rotatable bonds is 8. The van der Waals surface area contributed by atoms with Gasteiger partial charge in [-0.1, -0.05) is 0 Å². The third-order valence-corrected chi connectivity index (χ3v) is 4.05. The van der Waals surface area contributed by atoms with E-state index in [1.165, 1.54) is 10.6 Å². The first-order valence-corrected chi connectivity index (χ1v) is 8.50. The van der Waals surface area contributed by atoms with Crippen LogP contribution in [0.1, 0.15) is 0 Å². The van der Waals surface area contributed by atoms with Gasteiger partial charge in [-0.05, 0) is 0 Å². The van der Waals surface area contributed by atoms with Gasteiger partial charge in [0.2, 0.25) is 0 Å². The largest absolute Gasteiger partial charge is 0.314 e. The number of benzene rings is 2. The quantitative estimate of drug-likeness (QED) is 0.290. The van der Waals surface area contributed by atoms with Crippen LogP contribution in [0.15, 0.2) is 24.3 Å². The molecule has 0 unspecified atom stereocenters. The Morgan fingerprint density at radius 2 is 0.694 bits per heavy atom. The molecule has 0 aliphatic carbocycles. The Balaban J connectivity index is 2.57. The van der Waals surface area contributed by atoms with Crippen LogP contribution in [-0.2, 0) is 9.59 Å². The van der Waals surface area contributed by atoms with Crippen LogP contribution in [-0.4, -0.2) is 41.4 Å². The average molecular weight is 510 g/mol. The molecule has 0 aliphatic heterocycles. The molecule has 0 fully saturated rings. The molecule has 0 aliphatic rings. The van der Waals surface area contributed by atoms with Crippen LogP contribution in [0.3, 0.4) is 0 Å². The van der Waals surface area contributed by atoms with Gasteiger partial charge in [-0.25, -0.2) is 0 Å². The van der Waals surface area contributed by atoms with Gasteiger partial charge in [0.1, 0.15) is 0 Å². The Morgan fingerprint density at radius 3 is 0.861 bits per heavy atom. The van der Waals surface area contributed by atoms with Gasteiger partial charge in [-0.15, -0.1) is 0 Å². The van der Waals surface area contributed by atoms with E-state index in [0.717, 1.165) is 0 Å². The molecule has 2 rings (SSSR count). The number of anilines is 2. The van der Waals surface area contributed by atoms with E-state index < -0.39 is 86.9 Å². The predicted molar refractivity (Wildman–Crippen MR) is 110 cm³/mol. The Labute approximate surface area is 193 Å². The van der Waals surface area contributed by atoms with Gasteiger partial charge in [-0.3, -0.25) is 70.3 Å². The van der Waals surface area contributed by atoms with E-state index in [0.29, 0.717) is 0 Å². The third kappa shape index (κ3) is 5.22. The van der Waals surface area contributed by atoms with Crippen LogP contribution >= 0.6 is 0 Å². The first-order valence-electron chi connectivity index (χ1n) is 8.50. The fraction of sp³-hybridized carbons (Fsp3) is 0. The van der Waals surface area contributed by atoms with E-state index >= 15 is 0 Å². The highest BCUT2D eigenvalue weighted by molar-refractivity contribution is 6.44. The lowest BCUT2D eigenvalue weighted by atomic mass is 10.2. The summed E-state index contributed by atoms with van der Waals surface area (Å²) >= 11 is 0. The van der Waals surface area contributed by atoms with Crippen molar-refractivity contribution in [2.45, 2.75) is 0 Å². The fourth-order valence-corrected chi connectivity index (χ4v) is 2.58. The van der Waals surface area contributed by atoms with Crippen molar-refractivity contribution >= 4 is 57.3 Å². The number of non-ortho nitro benzene ring substituents is 2. The van der Waals surface area contributed by atoms with E-state index in [9.17, 15) is 70.3 Å². The van der Waals surface area contributed by atoms with E-state index in [4.69, 9.17) is 0 Å². The molecule has 0 saturated heterocycles. The summed E-state index contributed by atoms with van der Waals surface area (Å²) in [7, 11) is 0. The Morgan fingerprint density at radius 1 is 0.472 bits per heavy atom. The molecule has 2 aromatic carbocycles. The Hall–Kier alpha value is -6.22. The molecule has 2 N–H and O–H groups in total. The van der Waals surface area contributed by atoms with Crippen molar-refractivity contribution in [2.75, 3.05) is 10.6 Å². The standard InChI is InChI=1S/C14H6N8O14/c23-13(15-11-7(19(29)30)1-5(17(25)26)2-8(11)20(31)32)14(24)16-12-9(21(33)34)3-6(18(27)28)4-10(12)22(35)36/h1-4H,(H,15,23)(H,16,24). The highest BCUT2D eigenvalue weighted by Crippen LogP contribution is 2.40. The Kier molecular flexibility index (Phi) is 7.04. The van der Waals surface area contributed by atoms with Crippen LogP contribution in [0.25, 0.3) is 0 Å². The number of amides is 2. The number of nitrogens with zero attached hydrogens (tertiary/aromatic N) is 6. The zero-order valence-corrected chi connectivity index (χ0v) is 16.7. The highest BCUT2D eigenvalue weighted by atomic mass is 16.6. The molecule has 0 bridgehead atoms. The number of hydrogen-bond donors (Lipinski definition) is 2. The first kappa shape index (κ1) is 26.0. The maximum absolute atomic E-state index is 12.3. The van der Waals surface area contributed by atoms with Gasteiger partial charge >= 0.3 is 34.6 Å². The number of hydrogen-bond acceptors (Lipinski definition) is 14. The lowest BCUT2D eigenvalue weighted by molar-refractivity contribution is -0.402. The molecule has 0 aromatic heterocycles. The van der Waals surface area contributed by atoms with Crippen molar-refractivity contribution in [2.24, 2.45) is 0 Å². The molecule has 2 amide bonds. The molecule has 0 atom stereocenters. The van der Waals surface area contributed by atoms with Gasteiger partial charge in [0.05, 0.1) is 53.8 Å². The lowest BCUT2D eigenvalue weighted by Gasteiger charge is -2.08. The van der Waals surface area contributed by atoms with Crippen molar-refractivity contribution in [1.29, 1.82) is 0 Å². The molecule has 22 nitrogen and oxygen atoms in total.